The summed E-state index contributed by atoms with van der Waals surface area (Å²) in [5.41, 5.74) is 5.65. The molecule has 0 atom stereocenters. The molecule has 0 spiro atoms. The van der Waals surface area contributed by atoms with Crippen molar-refractivity contribution in [1.82, 2.24) is 9.97 Å². The Kier molecular flexibility index (Phi) is 4.23. The van der Waals surface area contributed by atoms with Crippen molar-refractivity contribution in [1.29, 1.82) is 0 Å². The van der Waals surface area contributed by atoms with E-state index in [1.54, 1.807) is 7.11 Å². The van der Waals surface area contributed by atoms with Crippen LogP contribution in [0, 0.1) is 6.92 Å². The van der Waals surface area contributed by atoms with Crippen LogP contribution in [0.4, 0.5) is 11.5 Å². The van der Waals surface area contributed by atoms with Gasteiger partial charge in [0.25, 0.3) is 0 Å². The number of aryl methyl sites for hydroxylation is 1. The molecule has 4 aromatic rings. The highest BCUT2D eigenvalue weighted by Crippen LogP contribution is 2.30. The molecule has 0 saturated heterocycles. The fourth-order valence-electron chi connectivity index (χ4n) is 2.82. The quantitative estimate of drug-likeness (QED) is 0.543. The molecule has 1 N–H and O–H groups in total. The third kappa shape index (κ3) is 3.22. The Hall–Kier alpha value is -3.40. The van der Waals surface area contributed by atoms with E-state index in [0.717, 1.165) is 39.5 Å². The molecule has 0 unspecified atom stereocenters. The van der Waals surface area contributed by atoms with Gasteiger partial charge in [0.15, 0.2) is 5.82 Å². The van der Waals surface area contributed by atoms with Crippen molar-refractivity contribution in [2.45, 2.75) is 6.92 Å². The van der Waals surface area contributed by atoms with Gasteiger partial charge in [0.2, 0.25) is 0 Å². The minimum Gasteiger partial charge on any atom is -0.497 e. The Morgan fingerprint density at radius 3 is 2.31 bits per heavy atom. The molecule has 4 nitrogen and oxygen atoms in total. The first kappa shape index (κ1) is 16.1. The molecule has 4 rings (SSSR count). The molecule has 4 heteroatoms. The molecule has 128 valence electrons. The standard InChI is InChI=1S/C22H19N3O/c1-15-8-10-17(11-9-15)23-22-21(16-6-4-3-5-7-16)24-20-14-18(26-2)12-13-19(20)25-22/h3-14H,1-2H3,(H,23,25). The van der Waals surface area contributed by atoms with Crippen LogP contribution in [0.15, 0.2) is 72.8 Å². The van der Waals surface area contributed by atoms with Gasteiger partial charge in [-0.2, -0.15) is 0 Å². The van der Waals surface area contributed by atoms with Gasteiger partial charge in [-0.25, -0.2) is 9.97 Å². The van der Waals surface area contributed by atoms with E-state index >= 15 is 0 Å². The first-order valence-corrected chi connectivity index (χ1v) is 8.48. The summed E-state index contributed by atoms with van der Waals surface area (Å²) in [7, 11) is 1.65. The Balaban J connectivity index is 1.87. The number of methoxy groups -OCH3 is 1. The molecular formula is C22H19N3O. The van der Waals surface area contributed by atoms with Crippen molar-refractivity contribution >= 4 is 22.5 Å². The molecule has 0 bridgehead atoms. The number of nitrogens with one attached hydrogen (secondary N) is 1. The number of aromatic nitrogens is 2. The number of fused-ring (bicyclic) bond motifs is 1. The normalized spacial score (nSPS) is 10.7. The molecule has 0 saturated carbocycles. The first-order valence-electron chi connectivity index (χ1n) is 8.48. The number of nitrogens with zero attached hydrogens (tertiary/aromatic N) is 2. The van der Waals surface area contributed by atoms with E-state index in [2.05, 4.69) is 24.4 Å². The first-order chi connectivity index (χ1) is 12.7. The maximum Gasteiger partial charge on any atom is 0.157 e. The Bertz CT molecular complexity index is 1040. The minimum absolute atomic E-state index is 0.734. The van der Waals surface area contributed by atoms with Crippen LogP contribution >= 0.6 is 0 Å². The van der Waals surface area contributed by atoms with Gasteiger partial charge in [-0.3, -0.25) is 0 Å². The van der Waals surface area contributed by atoms with Gasteiger partial charge < -0.3 is 10.1 Å². The maximum absolute atomic E-state index is 5.32. The van der Waals surface area contributed by atoms with Gasteiger partial charge in [0.05, 0.1) is 18.1 Å². The van der Waals surface area contributed by atoms with Crippen molar-refractivity contribution < 1.29 is 4.74 Å². The number of ether oxygens (including phenoxy) is 1. The third-order valence-electron chi connectivity index (χ3n) is 4.23. The van der Waals surface area contributed by atoms with Gasteiger partial charge in [-0.1, -0.05) is 48.0 Å². The zero-order valence-electron chi connectivity index (χ0n) is 14.7. The summed E-state index contributed by atoms with van der Waals surface area (Å²) in [6.45, 7) is 2.07. The number of hydrogen-bond donors (Lipinski definition) is 1. The highest BCUT2D eigenvalue weighted by atomic mass is 16.5. The van der Waals surface area contributed by atoms with Crippen LogP contribution in [0.1, 0.15) is 5.56 Å². The lowest BCUT2D eigenvalue weighted by Crippen LogP contribution is -2.00. The molecule has 26 heavy (non-hydrogen) atoms. The molecule has 0 aliphatic carbocycles. The van der Waals surface area contributed by atoms with E-state index in [1.165, 1.54) is 5.56 Å². The fourth-order valence-corrected chi connectivity index (χ4v) is 2.82. The summed E-state index contributed by atoms with van der Waals surface area (Å²) in [6.07, 6.45) is 0. The minimum atomic E-state index is 0.734. The van der Waals surface area contributed by atoms with Crippen LogP contribution in [0.25, 0.3) is 22.3 Å². The number of benzene rings is 3. The van der Waals surface area contributed by atoms with Gasteiger partial charge in [0.1, 0.15) is 11.4 Å². The number of anilines is 2. The predicted molar refractivity (Wildman–Crippen MR) is 106 cm³/mol. The third-order valence-corrected chi connectivity index (χ3v) is 4.23. The number of hydrogen-bond acceptors (Lipinski definition) is 4. The lowest BCUT2D eigenvalue weighted by molar-refractivity contribution is 0.415. The Labute approximate surface area is 152 Å². The lowest BCUT2D eigenvalue weighted by Gasteiger charge is -2.13. The monoisotopic (exact) mass is 341 g/mol. The summed E-state index contributed by atoms with van der Waals surface area (Å²) in [5.74, 6) is 1.50. The van der Waals surface area contributed by atoms with E-state index < -0.39 is 0 Å². The zero-order valence-corrected chi connectivity index (χ0v) is 14.7. The molecule has 0 aliphatic heterocycles. The van der Waals surface area contributed by atoms with Crippen LogP contribution in [0.2, 0.25) is 0 Å². The largest absolute Gasteiger partial charge is 0.497 e. The second-order valence-corrected chi connectivity index (χ2v) is 6.13. The summed E-state index contributed by atoms with van der Waals surface area (Å²) in [4.78, 5) is 9.68. The van der Waals surface area contributed by atoms with E-state index in [9.17, 15) is 0 Å². The van der Waals surface area contributed by atoms with Crippen molar-refractivity contribution in [3.05, 3.63) is 78.4 Å². The molecular weight excluding hydrogens is 322 g/mol. The van der Waals surface area contributed by atoms with E-state index in [1.807, 2.05) is 60.7 Å². The summed E-state index contributed by atoms with van der Waals surface area (Å²) < 4.78 is 5.32. The summed E-state index contributed by atoms with van der Waals surface area (Å²) in [5, 5.41) is 3.41. The Morgan fingerprint density at radius 2 is 1.58 bits per heavy atom. The van der Waals surface area contributed by atoms with Gasteiger partial charge in [-0.15, -0.1) is 0 Å². The molecule has 0 fully saturated rings. The predicted octanol–water partition coefficient (Wildman–Crippen LogP) is 5.36. The average Bonchev–Trinajstić information content (AvgIpc) is 2.69. The van der Waals surface area contributed by atoms with Crippen LogP contribution in [-0.4, -0.2) is 17.1 Å². The molecule has 3 aromatic carbocycles. The smallest absolute Gasteiger partial charge is 0.157 e. The molecule has 0 amide bonds. The second-order valence-electron chi connectivity index (χ2n) is 6.13. The Morgan fingerprint density at radius 1 is 0.808 bits per heavy atom. The highest BCUT2D eigenvalue weighted by molar-refractivity contribution is 5.85. The summed E-state index contributed by atoms with van der Waals surface area (Å²) in [6, 6.07) is 24.0. The average molecular weight is 341 g/mol. The van der Waals surface area contributed by atoms with E-state index in [-0.39, 0.29) is 0 Å². The molecule has 1 aromatic heterocycles. The van der Waals surface area contributed by atoms with Gasteiger partial charge >= 0.3 is 0 Å². The van der Waals surface area contributed by atoms with Gasteiger partial charge in [-0.05, 0) is 31.2 Å². The van der Waals surface area contributed by atoms with Crippen molar-refractivity contribution in [3.63, 3.8) is 0 Å². The van der Waals surface area contributed by atoms with Crippen LogP contribution in [0.5, 0.6) is 5.75 Å². The van der Waals surface area contributed by atoms with Crippen LogP contribution < -0.4 is 10.1 Å². The fraction of sp³-hybridized carbons (Fsp3) is 0.0909. The summed E-state index contributed by atoms with van der Waals surface area (Å²) >= 11 is 0. The zero-order chi connectivity index (χ0) is 17.9. The van der Waals surface area contributed by atoms with Crippen molar-refractivity contribution in [2.75, 3.05) is 12.4 Å². The molecule has 0 aliphatic rings. The van der Waals surface area contributed by atoms with E-state index in [4.69, 9.17) is 14.7 Å². The van der Waals surface area contributed by atoms with Gasteiger partial charge in [0, 0.05) is 17.3 Å². The van der Waals surface area contributed by atoms with Crippen LogP contribution in [-0.2, 0) is 0 Å². The SMILES string of the molecule is COc1ccc2nc(Nc3ccc(C)cc3)c(-c3ccccc3)nc2c1. The molecule has 1 heterocycles. The lowest BCUT2D eigenvalue weighted by atomic mass is 10.1. The van der Waals surface area contributed by atoms with Crippen molar-refractivity contribution in [2.24, 2.45) is 0 Å². The maximum atomic E-state index is 5.32. The topological polar surface area (TPSA) is 47.0 Å². The van der Waals surface area contributed by atoms with E-state index in [0.29, 0.717) is 0 Å². The van der Waals surface area contributed by atoms with Crippen molar-refractivity contribution in [3.8, 4) is 17.0 Å². The molecule has 0 radical (unpaired) electrons. The number of rotatable bonds is 4. The second kappa shape index (κ2) is 6.84. The van der Waals surface area contributed by atoms with Crippen LogP contribution in [0.3, 0.4) is 0 Å². The highest BCUT2D eigenvalue weighted by Gasteiger charge is 2.12.